The number of nitro benzene ring substituents is 1. The largest absolute Gasteiger partial charge is 0.451 e. The van der Waals surface area contributed by atoms with Crippen molar-refractivity contribution in [1.29, 1.82) is 0 Å². The Labute approximate surface area is 133 Å². The van der Waals surface area contributed by atoms with E-state index in [1.165, 1.54) is 30.3 Å². The van der Waals surface area contributed by atoms with E-state index in [0.29, 0.717) is 14.9 Å². The maximum absolute atomic E-state index is 11.6. The zero-order chi connectivity index (χ0) is 16.1. The number of nitrogens with one attached hydrogen (secondary N) is 1. The molecule has 0 radical (unpaired) electrons. The smallest absolute Gasteiger partial charge is 0.348 e. The second-order valence-electron chi connectivity index (χ2n) is 4.03. The molecule has 1 aromatic heterocycles. The highest BCUT2D eigenvalue weighted by Gasteiger charge is 2.13. The normalized spacial score (nSPS) is 10.0. The Bertz CT molecular complexity index is 713. The molecule has 1 amide bonds. The van der Waals surface area contributed by atoms with E-state index in [4.69, 9.17) is 16.3 Å². The molecule has 22 heavy (non-hydrogen) atoms. The van der Waals surface area contributed by atoms with Crippen molar-refractivity contribution >= 4 is 46.2 Å². The van der Waals surface area contributed by atoms with E-state index >= 15 is 0 Å². The van der Waals surface area contributed by atoms with E-state index in [2.05, 4.69) is 5.32 Å². The number of hydrogen-bond donors (Lipinski definition) is 1. The van der Waals surface area contributed by atoms with Crippen molar-refractivity contribution in [3.8, 4) is 0 Å². The quantitative estimate of drug-likeness (QED) is 0.512. The summed E-state index contributed by atoms with van der Waals surface area (Å²) in [5.74, 6) is -1.19. The van der Waals surface area contributed by atoms with Crippen molar-refractivity contribution in [2.24, 2.45) is 0 Å². The Morgan fingerprint density at radius 2 is 1.91 bits per heavy atom. The molecule has 1 heterocycles. The van der Waals surface area contributed by atoms with Crippen molar-refractivity contribution in [1.82, 2.24) is 0 Å². The molecule has 0 atom stereocenters. The molecule has 9 heteroatoms. The van der Waals surface area contributed by atoms with Crippen molar-refractivity contribution in [3.05, 3.63) is 55.7 Å². The molecule has 0 bridgehead atoms. The van der Waals surface area contributed by atoms with Crippen molar-refractivity contribution < 1.29 is 19.2 Å². The summed E-state index contributed by atoms with van der Waals surface area (Å²) in [5, 5.41) is 13.0. The predicted octanol–water partition coefficient (Wildman–Crippen LogP) is 3.11. The number of thiophene rings is 1. The number of nitro groups is 1. The highest BCUT2D eigenvalue weighted by atomic mass is 35.5. The lowest BCUT2D eigenvalue weighted by atomic mass is 10.3. The van der Waals surface area contributed by atoms with Crippen LogP contribution in [0.3, 0.4) is 0 Å². The van der Waals surface area contributed by atoms with Crippen LogP contribution in [0, 0.1) is 10.1 Å². The van der Waals surface area contributed by atoms with Crippen LogP contribution < -0.4 is 5.32 Å². The topological polar surface area (TPSA) is 98.5 Å². The zero-order valence-electron chi connectivity index (χ0n) is 10.9. The van der Waals surface area contributed by atoms with Gasteiger partial charge < -0.3 is 10.1 Å². The number of esters is 1. The summed E-state index contributed by atoms with van der Waals surface area (Å²) >= 11 is 6.74. The summed E-state index contributed by atoms with van der Waals surface area (Å²) in [5.41, 5.74) is 0.282. The van der Waals surface area contributed by atoms with Crippen molar-refractivity contribution in [2.75, 3.05) is 11.9 Å². The third kappa shape index (κ3) is 4.27. The second kappa shape index (κ2) is 7.01. The number of halogens is 1. The van der Waals surface area contributed by atoms with Crippen LogP contribution in [-0.2, 0) is 9.53 Å². The maximum Gasteiger partial charge on any atom is 0.348 e. The minimum Gasteiger partial charge on any atom is -0.451 e. The van der Waals surface area contributed by atoms with Gasteiger partial charge in [-0.05, 0) is 24.3 Å². The van der Waals surface area contributed by atoms with Gasteiger partial charge in [0.2, 0.25) is 0 Å². The lowest BCUT2D eigenvalue weighted by Gasteiger charge is -2.05. The Morgan fingerprint density at radius 3 is 2.45 bits per heavy atom. The minimum absolute atomic E-state index is 0.0843. The molecule has 0 saturated heterocycles. The molecule has 0 unspecified atom stereocenters. The van der Waals surface area contributed by atoms with E-state index in [1.807, 2.05) is 0 Å². The van der Waals surface area contributed by atoms with Gasteiger partial charge in [-0.3, -0.25) is 14.9 Å². The van der Waals surface area contributed by atoms with Gasteiger partial charge in [0.15, 0.2) is 6.61 Å². The first-order chi connectivity index (χ1) is 10.5. The van der Waals surface area contributed by atoms with Gasteiger partial charge in [-0.1, -0.05) is 11.6 Å². The van der Waals surface area contributed by atoms with Crippen LogP contribution in [0.4, 0.5) is 11.4 Å². The first-order valence-electron chi connectivity index (χ1n) is 5.92. The van der Waals surface area contributed by atoms with E-state index in [1.54, 1.807) is 6.07 Å². The molecule has 0 spiro atoms. The fourth-order valence-electron chi connectivity index (χ4n) is 1.49. The van der Waals surface area contributed by atoms with Gasteiger partial charge in [0.05, 0.1) is 9.26 Å². The van der Waals surface area contributed by atoms with Crippen LogP contribution in [0.2, 0.25) is 4.34 Å². The third-order valence-electron chi connectivity index (χ3n) is 2.47. The maximum atomic E-state index is 11.6. The minimum atomic E-state index is -0.643. The number of nitrogens with zero attached hydrogens (tertiary/aromatic N) is 1. The molecular weight excluding hydrogens is 332 g/mol. The fourth-order valence-corrected chi connectivity index (χ4v) is 2.43. The van der Waals surface area contributed by atoms with Gasteiger partial charge >= 0.3 is 5.97 Å². The zero-order valence-corrected chi connectivity index (χ0v) is 12.5. The molecule has 7 nitrogen and oxygen atoms in total. The van der Waals surface area contributed by atoms with Crippen LogP contribution in [0.1, 0.15) is 9.67 Å². The van der Waals surface area contributed by atoms with Gasteiger partial charge in [0.25, 0.3) is 11.6 Å². The number of carbonyl (C=O) groups excluding carboxylic acids is 2. The number of rotatable bonds is 5. The van der Waals surface area contributed by atoms with Gasteiger partial charge in [0.1, 0.15) is 4.88 Å². The number of hydrogen-bond acceptors (Lipinski definition) is 6. The van der Waals surface area contributed by atoms with Crippen LogP contribution in [-0.4, -0.2) is 23.4 Å². The van der Waals surface area contributed by atoms with Crippen LogP contribution in [0.25, 0.3) is 0 Å². The molecule has 0 aliphatic carbocycles. The molecule has 1 N–H and O–H groups in total. The van der Waals surface area contributed by atoms with Crippen LogP contribution in [0.5, 0.6) is 0 Å². The SMILES string of the molecule is O=C(COC(=O)c1ccc(Cl)s1)Nc1ccc([N+](=O)[O-])cc1. The molecule has 0 saturated carbocycles. The molecule has 2 rings (SSSR count). The number of ether oxygens (including phenoxy) is 1. The first kappa shape index (κ1) is 15.9. The monoisotopic (exact) mass is 340 g/mol. The number of non-ortho nitro benzene ring substituents is 1. The van der Waals surface area contributed by atoms with Gasteiger partial charge in [-0.25, -0.2) is 4.79 Å². The molecule has 2 aromatic rings. The summed E-state index contributed by atoms with van der Waals surface area (Å²) < 4.78 is 5.28. The number of anilines is 1. The Morgan fingerprint density at radius 1 is 1.23 bits per heavy atom. The van der Waals surface area contributed by atoms with Gasteiger partial charge in [-0.15, -0.1) is 11.3 Å². The molecule has 0 aliphatic heterocycles. The average molecular weight is 341 g/mol. The summed E-state index contributed by atoms with van der Waals surface area (Å²) in [4.78, 5) is 33.5. The van der Waals surface area contributed by atoms with E-state index in [9.17, 15) is 19.7 Å². The highest BCUT2D eigenvalue weighted by Crippen LogP contribution is 2.22. The second-order valence-corrected chi connectivity index (χ2v) is 5.75. The summed E-state index contributed by atoms with van der Waals surface area (Å²) in [7, 11) is 0. The van der Waals surface area contributed by atoms with E-state index < -0.39 is 23.4 Å². The Hall–Kier alpha value is -2.45. The Balaban J connectivity index is 1.85. The van der Waals surface area contributed by atoms with Crippen molar-refractivity contribution in [3.63, 3.8) is 0 Å². The average Bonchev–Trinajstić information content (AvgIpc) is 2.92. The highest BCUT2D eigenvalue weighted by molar-refractivity contribution is 7.17. The van der Waals surface area contributed by atoms with Gasteiger partial charge in [0, 0.05) is 17.8 Å². The lowest BCUT2D eigenvalue weighted by Crippen LogP contribution is -2.20. The number of benzene rings is 1. The summed E-state index contributed by atoms with van der Waals surface area (Å²) in [6.45, 7) is -0.467. The first-order valence-corrected chi connectivity index (χ1v) is 7.12. The third-order valence-corrected chi connectivity index (χ3v) is 3.68. The summed E-state index contributed by atoms with van der Waals surface area (Å²) in [6, 6.07) is 8.35. The number of amides is 1. The van der Waals surface area contributed by atoms with Crippen LogP contribution >= 0.6 is 22.9 Å². The standard InChI is InChI=1S/C13H9ClN2O5S/c14-11-6-5-10(22-11)13(18)21-7-12(17)15-8-1-3-9(4-2-8)16(19)20/h1-6H,7H2,(H,15,17). The van der Waals surface area contributed by atoms with E-state index in [-0.39, 0.29) is 5.69 Å². The molecule has 114 valence electrons. The molecule has 1 aromatic carbocycles. The van der Waals surface area contributed by atoms with Crippen LogP contribution in [0.15, 0.2) is 36.4 Å². The summed E-state index contributed by atoms with van der Waals surface area (Å²) in [6.07, 6.45) is 0. The predicted molar refractivity (Wildman–Crippen MR) is 81.3 cm³/mol. The molecular formula is C13H9ClN2O5S. The lowest BCUT2D eigenvalue weighted by molar-refractivity contribution is -0.384. The fraction of sp³-hybridized carbons (Fsp3) is 0.0769. The van der Waals surface area contributed by atoms with E-state index in [0.717, 1.165) is 11.3 Å². The van der Waals surface area contributed by atoms with Gasteiger partial charge in [-0.2, -0.15) is 0 Å². The number of carbonyl (C=O) groups is 2. The molecule has 0 aliphatic rings. The molecule has 0 fully saturated rings. The Kier molecular flexibility index (Phi) is 5.08. The van der Waals surface area contributed by atoms with Crippen molar-refractivity contribution in [2.45, 2.75) is 0 Å².